The van der Waals surface area contributed by atoms with Crippen molar-refractivity contribution in [3.05, 3.63) is 29.3 Å². The van der Waals surface area contributed by atoms with Crippen molar-refractivity contribution in [3.8, 4) is 0 Å². The van der Waals surface area contributed by atoms with Gasteiger partial charge in [0.15, 0.2) is 0 Å². The maximum Gasteiger partial charge on any atom is 0.243 e. The molecular formula is C18H21N3O2. The summed E-state index contributed by atoms with van der Waals surface area (Å²) >= 11 is 0. The molecule has 2 aliphatic heterocycles. The van der Waals surface area contributed by atoms with E-state index in [1.807, 2.05) is 19.2 Å². The van der Waals surface area contributed by atoms with Crippen LogP contribution in [-0.4, -0.2) is 24.6 Å². The minimum Gasteiger partial charge on any atom is -0.315 e. The van der Waals surface area contributed by atoms with Crippen molar-refractivity contribution in [1.82, 2.24) is 5.43 Å². The molecule has 2 amide bonds. The molecule has 1 N–H and O–H groups in total. The van der Waals surface area contributed by atoms with Crippen LogP contribution in [0.5, 0.6) is 0 Å². The van der Waals surface area contributed by atoms with Crippen molar-refractivity contribution in [3.63, 3.8) is 0 Å². The summed E-state index contributed by atoms with van der Waals surface area (Å²) in [5, 5.41) is 4.29. The second-order valence-electron chi connectivity index (χ2n) is 7.12. The Hall–Kier alpha value is -2.17. The van der Waals surface area contributed by atoms with Gasteiger partial charge in [-0.2, -0.15) is 5.10 Å². The molecule has 3 aliphatic rings. The van der Waals surface area contributed by atoms with Crippen LogP contribution in [0.25, 0.3) is 0 Å². The maximum atomic E-state index is 12.3. The first-order chi connectivity index (χ1) is 11.0. The standard InChI is InChI=1S/C18H21N3O2/c1-9-6-16(22)21(3)15-5-4-11(7-12(15)10(9)2)17-13-8-14(13)18(23)20-19-17/h4-5,7,9-10,13-14H,6,8H2,1-3H3,(H,20,23). The van der Waals surface area contributed by atoms with Crippen molar-refractivity contribution in [1.29, 1.82) is 0 Å². The summed E-state index contributed by atoms with van der Waals surface area (Å²) in [6.07, 6.45) is 1.47. The molecule has 4 rings (SSSR count). The summed E-state index contributed by atoms with van der Waals surface area (Å²) in [5.74, 6) is 1.19. The first kappa shape index (κ1) is 14.4. The zero-order chi connectivity index (χ0) is 16.3. The highest BCUT2D eigenvalue weighted by Gasteiger charge is 2.49. The summed E-state index contributed by atoms with van der Waals surface area (Å²) in [6, 6.07) is 6.21. The minimum absolute atomic E-state index is 0.0424. The second-order valence-corrected chi connectivity index (χ2v) is 7.12. The molecule has 0 bridgehead atoms. The van der Waals surface area contributed by atoms with E-state index in [4.69, 9.17) is 0 Å². The number of hydrogen-bond acceptors (Lipinski definition) is 3. The lowest BCUT2D eigenvalue weighted by molar-refractivity contribution is -0.122. The van der Waals surface area contributed by atoms with Gasteiger partial charge in [-0.1, -0.05) is 19.9 Å². The van der Waals surface area contributed by atoms with Crippen LogP contribution in [0.3, 0.4) is 0 Å². The van der Waals surface area contributed by atoms with Crippen LogP contribution < -0.4 is 10.3 Å². The SMILES string of the molecule is CC1CC(=O)N(C)c2ccc(C3=NNC(=O)C4CC34)cc2C1C. The van der Waals surface area contributed by atoms with Crippen LogP contribution in [0.15, 0.2) is 23.3 Å². The zero-order valence-corrected chi connectivity index (χ0v) is 13.7. The number of nitrogens with zero attached hydrogens (tertiary/aromatic N) is 2. The Morgan fingerprint density at radius 3 is 2.78 bits per heavy atom. The van der Waals surface area contributed by atoms with Gasteiger partial charge in [-0.25, -0.2) is 5.43 Å². The van der Waals surface area contributed by atoms with Crippen molar-refractivity contribution in [2.45, 2.75) is 32.6 Å². The van der Waals surface area contributed by atoms with Crippen LogP contribution in [0.4, 0.5) is 5.69 Å². The summed E-state index contributed by atoms with van der Waals surface area (Å²) in [5.41, 5.74) is 6.87. The number of amides is 2. The summed E-state index contributed by atoms with van der Waals surface area (Å²) in [7, 11) is 1.85. The van der Waals surface area contributed by atoms with E-state index < -0.39 is 0 Å². The molecular weight excluding hydrogens is 290 g/mol. The lowest BCUT2D eigenvalue weighted by Gasteiger charge is -2.21. The van der Waals surface area contributed by atoms with E-state index in [1.54, 1.807) is 4.90 Å². The van der Waals surface area contributed by atoms with Crippen LogP contribution in [0, 0.1) is 17.8 Å². The summed E-state index contributed by atoms with van der Waals surface area (Å²) in [4.78, 5) is 25.6. The van der Waals surface area contributed by atoms with E-state index in [9.17, 15) is 9.59 Å². The molecule has 120 valence electrons. The smallest absolute Gasteiger partial charge is 0.243 e. The molecule has 0 radical (unpaired) electrons. The van der Waals surface area contributed by atoms with E-state index >= 15 is 0 Å². The molecule has 23 heavy (non-hydrogen) atoms. The van der Waals surface area contributed by atoms with Gasteiger partial charge in [0, 0.05) is 31.0 Å². The number of carbonyl (C=O) groups is 2. The fourth-order valence-corrected chi connectivity index (χ4v) is 3.76. The highest BCUT2D eigenvalue weighted by atomic mass is 16.2. The van der Waals surface area contributed by atoms with E-state index in [-0.39, 0.29) is 23.7 Å². The number of fused-ring (bicyclic) bond motifs is 2. The van der Waals surface area contributed by atoms with E-state index in [0.29, 0.717) is 18.3 Å². The number of benzene rings is 1. The Labute approximate surface area is 135 Å². The molecule has 1 aliphatic carbocycles. The number of hydrogen-bond donors (Lipinski definition) is 1. The molecule has 1 aromatic rings. The van der Waals surface area contributed by atoms with E-state index in [0.717, 1.165) is 23.4 Å². The molecule has 1 saturated carbocycles. The summed E-state index contributed by atoms with van der Waals surface area (Å²) < 4.78 is 0. The van der Waals surface area contributed by atoms with Crippen molar-refractivity contribution < 1.29 is 9.59 Å². The zero-order valence-electron chi connectivity index (χ0n) is 13.7. The number of hydrazone groups is 1. The second kappa shape index (κ2) is 4.91. The molecule has 4 unspecified atom stereocenters. The lowest BCUT2D eigenvalue weighted by atomic mass is 9.85. The number of nitrogens with one attached hydrogen (secondary N) is 1. The Bertz CT molecular complexity index is 740. The third kappa shape index (κ3) is 2.18. The van der Waals surface area contributed by atoms with Gasteiger partial charge in [-0.3, -0.25) is 9.59 Å². The van der Waals surface area contributed by atoms with Crippen LogP contribution in [0.2, 0.25) is 0 Å². The highest BCUT2D eigenvalue weighted by molar-refractivity contribution is 6.10. The predicted octanol–water partition coefficient (Wildman–Crippen LogP) is 2.26. The number of anilines is 1. The average molecular weight is 311 g/mol. The molecule has 5 heteroatoms. The van der Waals surface area contributed by atoms with Crippen molar-refractivity contribution >= 4 is 23.2 Å². The molecule has 4 atom stereocenters. The monoisotopic (exact) mass is 311 g/mol. The quantitative estimate of drug-likeness (QED) is 0.865. The molecule has 1 aromatic carbocycles. The van der Waals surface area contributed by atoms with Gasteiger partial charge >= 0.3 is 0 Å². The van der Waals surface area contributed by atoms with Gasteiger partial charge in [0.2, 0.25) is 11.8 Å². The van der Waals surface area contributed by atoms with Gasteiger partial charge in [0.1, 0.15) is 0 Å². The van der Waals surface area contributed by atoms with Gasteiger partial charge in [0.05, 0.1) is 5.71 Å². The third-order valence-corrected chi connectivity index (χ3v) is 5.66. The average Bonchev–Trinajstić information content (AvgIpc) is 3.34. The molecule has 0 spiro atoms. The van der Waals surface area contributed by atoms with Gasteiger partial charge in [0.25, 0.3) is 0 Å². The topological polar surface area (TPSA) is 61.8 Å². The van der Waals surface area contributed by atoms with E-state index in [1.165, 1.54) is 5.56 Å². The fourth-order valence-electron chi connectivity index (χ4n) is 3.76. The van der Waals surface area contributed by atoms with Crippen LogP contribution >= 0.6 is 0 Å². The molecule has 1 fully saturated rings. The van der Waals surface area contributed by atoms with Gasteiger partial charge < -0.3 is 4.90 Å². The van der Waals surface area contributed by atoms with Gasteiger partial charge in [-0.05, 0) is 41.5 Å². The molecule has 2 heterocycles. The Morgan fingerprint density at radius 2 is 2.00 bits per heavy atom. The first-order valence-electron chi connectivity index (χ1n) is 8.25. The first-order valence-corrected chi connectivity index (χ1v) is 8.25. The minimum atomic E-state index is 0.0424. The Morgan fingerprint density at radius 1 is 1.22 bits per heavy atom. The lowest BCUT2D eigenvalue weighted by Crippen LogP contribution is -2.29. The van der Waals surface area contributed by atoms with Crippen molar-refractivity contribution in [2.24, 2.45) is 22.9 Å². The van der Waals surface area contributed by atoms with Crippen LogP contribution in [-0.2, 0) is 9.59 Å². The third-order valence-electron chi connectivity index (χ3n) is 5.66. The number of rotatable bonds is 1. The van der Waals surface area contributed by atoms with Gasteiger partial charge in [-0.15, -0.1) is 0 Å². The van der Waals surface area contributed by atoms with Crippen LogP contribution in [0.1, 0.15) is 43.7 Å². The Balaban J connectivity index is 1.77. The van der Waals surface area contributed by atoms with Crippen molar-refractivity contribution in [2.75, 3.05) is 11.9 Å². The molecule has 5 nitrogen and oxygen atoms in total. The van der Waals surface area contributed by atoms with E-state index in [2.05, 4.69) is 30.4 Å². The molecule has 0 saturated heterocycles. The predicted molar refractivity (Wildman–Crippen MR) is 88.3 cm³/mol. The molecule has 0 aromatic heterocycles. The summed E-state index contributed by atoms with van der Waals surface area (Å²) in [6.45, 7) is 4.32. The highest BCUT2D eigenvalue weighted by Crippen LogP contribution is 2.45. The number of carbonyl (C=O) groups excluding carboxylic acids is 2. The Kier molecular flexibility index (Phi) is 3.08. The maximum absolute atomic E-state index is 12.3. The largest absolute Gasteiger partial charge is 0.315 e. The normalized spacial score (nSPS) is 32.5. The fraction of sp³-hybridized carbons (Fsp3) is 0.500.